The highest BCUT2D eigenvalue weighted by Crippen LogP contribution is 2.40. The van der Waals surface area contributed by atoms with Gasteiger partial charge >= 0.3 is 0 Å². The highest BCUT2D eigenvalue weighted by atomic mass is 16.3. The van der Waals surface area contributed by atoms with Gasteiger partial charge in [-0.15, -0.1) is 0 Å². The number of hydrogen-bond donors (Lipinski definition) is 1. The molecular weight excluding hydrogens is 240 g/mol. The van der Waals surface area contributed by atoms with Gasteiger partial charge in [-0.05, 0) is 25.7 Å². The monoisotopic (exact) mass is 264 g/mol. The molecule has 4 heteroatoms. The Morgan fingerprint density at radius 1 is 1.53 bits per heavy atom. The van der Waals surface area contributed by atoms with Gasteiger partial charge < -0.3 is 10.0 Å². The highest BCUT2D eigenvalue weighted by Gasteiger charge is 2.44. The molecule has 3 atom stereocenters. The fraction of sp³-hybridized carbons (Fsp3) is 0.867. The molecule has 1 saturated heterocycles. The summed E-state index contributed by atoms with van der Waals surface area (Å²) in [4.78, 5) is 14.1. The van der Waals surface area contributed by atoms with Gasteiger partial charge in [0.05, 0.1) is 11.7 Å². The van der Waals surface area contributed by atoms with Crippen LogP contribution in [0.5, 0.6) is 0 Å². The van der Waals surface area contributed by atoms with Crippen molar-refractivity contribution in [3.8, 4) is 6.07 Å². The summed E-state index contributed by atoms with van der Waals surface area (Å²) in [6, 6.07) is 2.13. The zero-order chi connectivity index (χ0) is 13.9. The molecule has 1 heterocycles. The summed E-state index contributed by atoms with van der Waals surface area (Å²) in [6.45, 7) is 3.23. The lowest BCUT2D eigenvalue weighted by atomic mass is 9.71. The molecule has 0 spiro atoms. The van der Waals surface area contributed by atoms with E-state index in [0.29, 0.717) is 25.9 Å². The first kappa shape index (κ1) is 14.3. The first-order chi connectivity index (χ1) is 9.10. The zero-order valence-electron chi connectivity index (χ0n) is 11.8. The van der Waals surface area contributed by atoms with E-state index >= 15 is 0 Å². The Labute approximate surface area is 115 Å². The third-order valence-electron chi connectivity index (χ3n) is 4.77. The number of hydrogen-bond acceptors (Lipinski definition) is 3. The molecular formula is C15H24N2O2. The molecule has 1 aliphatic heterocycles. The smallest absolute Gasteiger partial charge is 0.239 e. The third kappa shape index (κ3) is 2.92. The van der Waals surface area contributed by atoms with Gasteiger partial charge in [-0.25, -0.2) is 0 Å². The van der Waals surface area contributed by atoms with Gasteiger partial charge in [0, 0.05) is 19.0 Å². The van der Waals surface area contributed by atoms with Crippen LogP contribution >= 0.6 is 0 Å². The summed E-state index contributed by atoms with van der Waals surface area (Å²) >= 11 is 0. The summed E-state index contributed by atoms with van der Waals surface area (Å²) in [5.74, 6) is -0.323. The first-order valence-electron chi connectivity index (χ1n) is 7.51. The lowest BCUT2D eigenvalue weighted by Gasteiger charge is -2.47. The molecule has 19 heavy (non-hydrogen) atoms. The molecule has 0 aromatic carbocycles. The van der Waals surface area contributed by atoms with Crippen molar-refractivity contribution in [2.45, 2.75) is 57.5 Å². The molecule has 0 bridgehead atoms. The first-order valence-corrected chi connectivity index (χ1v) is 7.51. The standard InChI is InChI=1S/C15H24N2O2/c1-2-5-12(10-16)14(18)17-9-8-15(19)7-4-3-6-13(15)11-17/h12-13,19H,2-9,11H2,1H3. The molecule has 1 N–H and O–H groups in total. The van der Waals surface area contributed by atoms with Crippen molar-refractivity contribution in [3.05, 3.63) is 0 Å². The Hall–Kier alpha value is -1.08. The van der Waals surface area contributed by atoms with Gasteiger partial charge in [-0.2, -0.15) is 5.26 Å². The fourth-order valence-electron chi connectivity index (χ4n) is 3.52. The Balaban J connectivity index is 2.00. The van der Waals surface area contributed by atoms with Crippen LogP contribution in [0.1, 0.15) is 51.9 Å². The number of carbonyl (C=O) groups excluding carboxylic acids is 1. The minimum atomic E-state index is -0.554. The van der Waals surface area contributed by atoms with E-state index in [4.69, 9.17) is 5.26 Å². The van der Waals surface area contributed by atoms with Crippen molar-refractivity contribution < 1.29 is 9.90 Å². The van der Waals surface area contributed by atoms with E-state index in [1.807, 2.05) is 11.8 Å². The van der Waals surface area contributed by atoms with E-state index < -0.39 is 11.5 Å². The average molecular weight is 264 g/mol. The number of carbonyl (C=O) groups is 1. The van der Waals surface area contributed by atoms with Crippen molar-refractivity contribution >= 4 is 5.91 Å². The predicted molar refractivity (Wildman–Crippen MR) is 72.1 cm³/mol. The Morgan fingerprint density at radius 3 is 3.00 bits per heavy atom. The molecule has 2 fully saturated rings. The highest BCUT2D eigenvalue weighted by molar-refractivity contribution is 5.81. The SMILES string of the molecule is CCCC(C#N)C(=O)N1CCC2(O)CCCCC2C1. The van der Waals surface area contributed by atoms with Crippen molar-refractivity contribution in [2.24, 2.45) is 11.8 Å². The lowest BCUT2D eigenvalue weighted by molar-refractivity contribution is -0.145. The second-order valence-electron chi connectivity index (χ2n) is 6.05. The summed E-state index contributed by atoms with van der Waals surface area (Å²) in [6.07, 6.45) is 6.28. The normalized spacial score (nSPS) is 32.3. The van der Waals surface area contributed by atoms with Crippen LogP contribution in [0.25, 0.3) is 0 Å². The molecule has 0 radical (unpaired) electrons. The zero-order valence-corrected chi connectivity index (χ0v) is 11.8. The Kier molecular flexibility index (Phi) is 4.46. The molecule has 4 nitrogen and oxygen atoms in total. The van der Waals surface area contributed by atoms with E-state index in [2.05, 4.69) is 6.07 Å². The molecule has 0 aromatic heterocycles. The van der Waals surface area contributed by atoms with Crippen LogP contribution in [-0.4, -0.2) is 34.6 Å². The number of fused-ring (bicyclic) bond motifs is 1. The second kappa shape index (κ2) is 5.92. The second-order valence-corrected chi connectivity index (χ2v) is 6.05. The van der Waals surface area contributed by atoms with Crippen LogP contribution in [-0.2, 0) is 4.79 Å². The predicted octanol–water partition coefficient (Wildman–Crippen LogP) is 2.08. The minimum absolute atomic E-state index is 0.0306. The van der Waals surface area contributed by atoms with E-state index in [-0.39, 0.29) is 11.8 Å². The van der Waals surface area contributed by atoms with E-state index in [0.717, 1.165) is 32.1 Å². The number of nitrogens with zero attached hydrogens (tertiary/aromatic N) is 2. The number of likely N-dealkylation sites (tertiary alicyclic amines) is 1. The van der Waals surface area contributed by atoms with Crippen LogP contribution in [0, 0.1) is 23.2 Å². The number of aliphatic hydroxyl groups is 1. The van der Waals surface area contributed by atoms with Gasteiger partial charge in [0.1, 0.15) is 5.92 Å². The maximum atomic E-state index is 12.3. The Morgan fingerprint density at radius 2 is 2.32 bits per heavy atom. The van der Waals surface area contributed by atoms with Crippen molar-refractivity contribution in [1.29, 1.82) is 5.26 Å². The van der Waals surface area contributed by atoms with E-state index in [9.17, 15) is 9.90 Å². The molecule has 1 amide bonds. The fourth-order valence-corrected chi connectivity index (χ4v) is 3.52. The van der Waals surface area contributed by atoms with Crippen LogP contribution < -0.4 is 0 Å². The summed E-state index contributed by atoms with van der Waals surface area (Å²) < 4.78 is 0. The number of rotatable bonds is 3. The van der Waals surface area contributed by atoms with Gasteiger partial charge in [-0.3, -0.25) is 4.79 Å². The molecule has 3 unspecified atom stereocenters. The number of piperidine rings is 1. The van der Waals surface area contributed by atoms with Gasteiger partial charge in [0.2, 0.25) is 5.91 Å². The number of nitriles is 1. The minimum Gasteiger partial charge on any atom is -0.389 e. The quantitative estimate of drug-likeness (QED) is 0.848. The van der Waals surface area contributed by atoms with Crippen LogP contribution in [0.3, 0.4) is 0 Å². The van der Waals surface area contributed by atoms with Crippen LogP contribution in [0.15, 0.2) is 0 Å². The third-order valence-corrected chi connectivity index (χ3v) is 4.77. The molecule has 1 aliphatic carbocycles. The molecule has 2 rings (SSSR count). The van der Waals surface area contributed by atoms with E-state index in [1.54, 1.807) is 0 Å². The maximum absolute atomic E-state index is 12.3. The maximum Gasteiger partial charge on any atom is 0.239 e. The van der Waals surface area contributed by atoms with Gasteiger partial charge in [-0.1, -0.05) is 26.2 Å². The van der Waals surface area contributed by atoms with Crippen LogP contribution in [0.2, 0.25) is 0 Å². The van der Waals surface area contributed by atoms with Crippen molar-refractivity contribution in [3.63, 3.8) is 0 Å². The van der Waals surface area contributed by atoms with Crippen molar-refractivity contribution in [2.75, 3.05) is 13.1 Å². The largest absolute Gasteiger partial charge is 0.389 e. The summed E-state index contributed by atoms with van der Waals surface area (Å²) in [7, 11) is 0. The molecule has 0 aromatic rings. The molecule has 1 saturated carbocycles. The van der Waals surface area contributed by atoms with Crippen LogP contribution in [0.4, 0.5) is 0 Å². The topological polar surface area (TPSA) is 64.3 Å². The average Bonchev–Trinajstić information content (AvgIpc) is 2.43. The summed E-state index contributed by atoms with van der Waals surface area (Å²) in [5.41, 5.74) is -0.554. The van der Waals surface area contributed by atoms with E-state index in [1.165, 1.54) is 0 Å². The van der Waals surface area contributed by atoms with Gasteiger partial charge in [0.25, 0.3) is 0 Å². The van der Waals surface area contributed by atoms with Crippen molar-refractivity contribution in [1.82, 2.24) is 4.90 Å². The lowest BCUT2D eigenvalue weighted by Crippen LogP contribution is -2.55. The molecule has 106 valence electrons. The Bertz CT molecular complexity index is 377. The molecule has 2 aliphatic rings. The summed E-state index contributed by atoms with van der Waals surface area (Å²) in [5, 5.41) is 19.7. The van der Waals surface area contributed by atoms with Gasteiger partial charge in [0.15, 0.2) is 0 Å². The number of amides is 1.